The maximum absolute atomic E-state index is 12.6. The van der Waals surface area contributed by atoms with Gasteiger partial charge in [0.2, 0.25) is 0 Å². The van der Waals surface area contributed by atoms with Crippen LogP contribution in [0.5, 0.6) is 0 Å². The van der Waals surface area contributed by atoms with Gasteiger partial charge < -0.3 is 10.7 Å². The van der Waals surface area contributed by atoms with Crippen molar-refractivity contribution in [2.45, 2.75) is 15.8 Å². The van der Waals surface area contributed by atoms with Crippen molar-refractivity contribution >= 4 is 40.8 Å². The summed E-state index contributed by atoms with van der Waals surface area (Å²) in [5.74, 6) is 3.78. The smallest absolute Gasteiger partial charge is 0.288 e. The van der Waals surface area contributed by atoms with Crippen LogP contribution in [0.4, 0.5) is 26.1 Å². The number of hydrogen-bond acceptors (Lipinski definition) is 7. The summed E-state index contributed by atoms with van der Waals surface area (Å²) < 4.78 is 25.1. The van der Waals surface area contributed by atoms with E-state index in [9.17, 15) is 8.78 Å². The first-order valence-corrected chi connectivity index (χ1v) is 7.93. The number of halogens is 2. The molecule has 2 rings (SSSR count). The molecule has 21 heavy (non-hydrogen) atoms. The molecule has 4 N–H and O–H groups in total. The lowest BCUT2D eigenvalue weighted by atomic mass is 10.3. The van der Waals surface area contributed by atoms with E-state index in [2.05, 4.69) is 20.7 Å². The Morgan fingerprint density at radius 1 is 1.19 bits per heavy atom. The largest absolute Gasteiger partial charge is 0.339 e. The number of benzene rings is 1. The Hall–Kier alpha value is -1.58. The van der Waals surface area contributed by atoms with Gasteiger partial charge in [0, 0.05) is 11.0 Å². The zero-order chi connectivity index (χ0) is 15.2. The van der Waals surface area contributed by atoms with Crippen LogP contribution < -0.4 is 16.6 Å². The lowest BCUT2D eigenvalue weighted by Gasteiger charge is -2.12. The van der Waals surface area contributed by atoms with E-state index in [4.69, 9.17) is 5.84 Å². The maximum atomic E-state index is 12.6. The average molecular weight is 329 g/mol. The van der Waals surface area contributed by atoms with Crippen LogP contribution in [0.2, 0.25) is 0 Å². The summed E-state index contributed by atoms with van der Waals surface area (Å²) in [4.78, 5) is 8.84. The zero-order valence-corrected chi connectivity index (χ0v) is 12.6. The number of nitrogens with one attached hydrogen (secondary N) is 2. The molecule has 0 fully saturated rings. The fourth-order valence-electron chi connectivity index (χ4n) is 1.56. The van der Waals surface area contributed by atoms with Crippen molar-refractivity contribution in [1.29, 1.82) is 0 Å². The molecule has 9 heteroatoms. The number of hydrogen-bond donors (Lipinski definition) is 3. The van der Waals surface area contributed by atoms with Gasteiger partial charge in [0.05, 0.1) is 5.69 Å². The van der Waals surface area contributed by atoms with Crippen LogP contribution in [-0.2, 0) is 0 Å². The van der Waals surface area contributed by atoms with Crippen LogP contribution >= 0.6 is 23.5 Å². The van der Waals surface area contributed by atoms with Gasteiger partial charge in [-0.3, -0.25) is 0 Å². The highest BCUT2D eigenvalue weighted by molar-refractivity contribution is 7.99. The molecular weight excluding hydrogens is 316 g/mol. The Balaban J connectivity index is 2.29. The standard InChI is InChI=1S/C12H13F2N5S2/c1-20-12-17-9(6-10(18-12)19-15)16-7-4-2-3-5-8(7)21-11(13)14/h2-6,11H,15H2,1H3,(H2,16,17,18,19). The lowest BCUT2D eigenvalue weighted by Crippen LogP contribution is -2.10. The van der Waals surface area contributed by atoms with Crippen molar-refractivity contribution in [1.82, 2.24) is 9.97 Å². The summed E-state index contributed by atoms with van der Waals surface area (Å²) in [5.41, 5.74) is 3.00. The number of aromatic nitrogens is 2. The van der Waals surface area contributed by atoms with Gasteiger partial charge in [-0.2, -0.15) is 8.78 Å². The predicted octanol–water partition coefficient (Wildman–Crippen LogP) is 3.54. The topological polar surface area (TPSA) is 75.9 Å². The lowest BCUT2D eigenvalue weighted by molar-refractivity contribution is 0.252. The first-order chi connectivity index (χ1) is 10.1. The fourth-order valence-corrected chi connectivity index (χ4v) is 2.54. The van der Waals surface area contributed by atoms with Crippen LogP contribution in [0.15, 0.2) is 40.4 Å². The number of anilines is 3. The van der Waals surface area contributed by atoms with E-state index in [1.54, 1.807) is 30.3 Å². The van der Waals surface area contributed by atoms with Gasteiger partial charge >= 0.3 is 0 Å². The van der Waals surface area contributed by atoms with E-state index in [1.807, 2.05) is 6.26 Å². The number of rotatable bonds is 6. The molecule has 1 aromatic heterocycles. The summed E-state index contributed by atoms with van der Waals surface area (Å²) in [6.45, 7) is 0. The average Bonchev–Trinajstić information content (AvgIpc) is 2.48. The maximum Gasteiger partial charge on any atom is 0.288 e. The Morgan fingerprint density at radius 3 is 2.57 bits per heavy atom. The molecule has 0 saturated heterocycles. The molecule has 0 aliphatic carbocycles. The fraction of sp³-hybridized carbons (Fsp3) is 0.167. The Kier molecular flexibility index (Phi) is 5.59. The highest BCUT2D eigenvalue weighted by Crippen LogP contribution is 2.33. The highest BCUT2D eigenvalue weighted by Gasteiger charge is 2.11. The van der Waals surface area contributed by atoms with E-state index in [0.717, 1.165) is 0 Å². The summed E-state index contributed by atoms with van der Waals surface area (Å²) >= 11 is 1.83. The Labute approximate surface area is 129 Å². The number of nitrogens with zero attached hydrogens (tertiary/aromatic N) is 2. The number of nitrogen functional groups attached to an aromatic ring is 1. The molecule has 2 aromatic rings. The second kappa shape index (κ2) is 7.43. The normalized spacial score (nSPS) is 10.7. The Morgan fingerprint density at radius 2 is 1.90 bits per heavy atom. The molecule has 0 aliphatic heterocycles. The summed E-state index contributed by atoms with van der Waals surface area (Å²) in [6, 6.07) is 8.40. The van der Waals surface area contributed by atoms with Crippen LogP contribution in [0.3, 0.4) is 0 Å². The highest BCUT2D eigenvalue weighted by atomic mass is 32.2. The number of para-hydroxylation sites is 1. The number of thioether (sulfide) groups is 2. The zero-order valence-electron chi connectivity index (χ0n) is 11.0. The molecule has 1 heterocycles. The SMILES string of the molecule is CSc1nc(NN)cc(Nc2ccccc2SC(F)F)n1. The third-order valence-electron chi connectivity index (χ3n) is 2.40. The second-order valence-electron chi connectivity index (χ2n) is 3.77. The van der Waals surface area contributed by atoms with Crippen LogP contribution in [0.1, 0.15) is 0 Å². The molecule has 0 amide bonds. The number of alkyl halides is 2. The molecular formula is C12H13F2N5S2. The molecule has 0 aliphatic rings. The summed E-state index contributed by atoms with van der Waals surface area (Å²) in [6.07, 6.45) is 1.83. The van der Waals surface area contributed by atoms with E-state index < -0.39 is 5.76 Å². The van der Waals surface area contributed by atoms with E-state index in [1.165, 1.54) is 11.8 Å². The van der Waals surface area contributed by atoms with Gasteiger partial charge in [0.15, 0.2) is 5.16 Å². The molecule has 0 radical (unpaired) electrons. The van der Waals surface area contributed by atoms with Gasteiger partial charge in [0.25, 0.3) is 5.76 Å². The molecule has 5 nitrogen and oxygen atoms in total. The molecule has 1 aromatic carbocycles. The van der Waals surface area contributed by atoms with Crippen LogP contribution in [0, 0.1) is 0 Å². The molecule has 0 saturated carbocycles. The van der Waals surface area contributed by atoms with Gasteiger partial charge in [-0.1, -0.05) is 35.7 Å². The minimum atomic E-state index is -2.48. The molecule has 0 bridgehead atoms. The van der Waals surface area contributed by atoms with Crippen molar-refractivity contribution in [3.05, 3.63) is 30.3 Å². The quantitative estimate of drug-likeness (QED) is 0.324. The van der Waals surface area contributed by atoms with Crippen LogP contribution in [-0.4, -0.2) is 22.0 Å². The molecule has 0 atom stereocenters. The summed E-state index contributed by atoms with van der Waals surface area (Å²) in [5, 5.41) is 3.53. The van der Waals surface area contributed by atoms with Crippen LogP contribution in [0.25, 0.3) is 0 Å². The first-order valence-electron chi connectivity index (χ1n) is 5.83. The predicted molar refractivity (Wildman–Crippen MR) is 83.2 cm³/mol. The van der Waals surface area contributed by atoms with Crippen molar-refractivity contribution in [3.8, 4) is 0 Å². The Bertz CT molecular complexity index is 590. The number of nitrogens with two attached hydrogens (primary N) is 1. The second-order valence-corrected chi connectivity index (χ2v) is 5.57. The van der Waals surface area contributed by atoms with E-state index in [0.29, 0.717) is 39.1 Å². The van der Waals surface area contributed by atoms with Crippen molar-refractivity contribution < 1.29 is 8.78 Å². The van der Waals surface area contributed by atoms with Gasteiger partial charge in [-0.25, -0.2) is 15.8 Å². The van der Waals surface area contributed by atoms with Gasteiger partial charge in [-0.15, -0.1) is 0 Å². The number of hydrazine groups is 1. The van der Waals surface area contributed by atoms with Crippen molar-refractivity contribution in [3.63, 3.8) is 0 Å². The molecule has 0 spiro atoms. The minimum absolute atomic E-state index is 0.441. The van der Waals surface area contributed by atoms with E-state index in [-0.39, 0.29) is 0 Å². The van der Waals surface area contributed by atoms with Crippen molar-refractivity contribution in [2.24, 2.45) is 5.84 Å². The minimum Gasteiger partial charge on any atom is -0.339 e. The molecule has 112 valence electrons. The van der Waals surface area contributed by atoms with Gasteiger partial charge in [-0.05, 0) is 18.4 Å². The van der Waals surface area contributed by atoms with E-state index >= 15 is 0 Å². The monoisotopic (exact) mass is 329 g/mol. The third kappa shape index (κ3) is 4.45. The summed E-state index contributed by atoms with van der Waals surface area (Å²) in [7, 11) is 0. The van der Waals surface area contributed by atoms with Gasteiger partial charge in [0.1, 0.15) is 11.6 Å². The van der Waals surface area contributed by atoms with Crippen molar-refractivity contribution in [2.75, 3.05) is 17.0 Å². The molecule has 0 unspecified atom stereocenters. The first kappa shape index (κ1) is 15.8. The third-order valence-corrected chi connectivity index (χ3v) is 3.74.